The number of carboxylic acid groups (broad SMARTS) is 1. The van der Waals surface area contributed by atoms with Crippen molar-refractivity contribution < 1.29 is 19.4 Å². The number of fused-ring (bicyclic) bond motifs is 1. The summed E-state index contributed by atoms with van der Waals surface area (Å²) < 4.78 is 11.3. The highest BCUT2D eigenvalue weighted by atomic mass is 16.7. The van der Waals surface area contributed by atoms with E-state index in [0.29, 0.717) is 17.1 Å². The molecule has 1 aliphatic heterocycles. The van der Waals surface area contributed by atoms with E-state index in [2.05, 4.69) is 0 Å². The topological polar surface area (TPSA) is 55.8 Å². The molecule has 0 spiro atoms. The number of rotatable bonds is 3. The smallest absolute Gasteiger partial charge is 0.336 e. The van der Waals surface area contributed by atoms with Gasteiger partial charge in [-0.05, 0) is 36.3 Å². The lowest BCUT2D eigenvalue weighted by atomic mass is 10.0. The summed E-state index contributed by atoms with van der Waals surface area (Å²) in [6.45, 7) is 5.62. The summed E-state index contributed by atoms with van der Waals surface area (Å²) in [7, 11) is 0. The van der Waals surface area contributed by atoms with Crippen molar-refractivity contribution in [3.05, 3.63) is 59.2 Å². The van der Waals surface area contributed by atoms with Crippen LogP contribution in [0.25, 0.3) is 11.6 Å². The number of carbonyl (C=O) groups is 1. The first kappa shape index (κ1) is 15.2. The number of hydrogen-bond acceptors (Lipinski definition) is 3. The van der Waals surface area contributed by atoms with Crippen LogP contribution in [0.15, 0.2) is 42.5 Å². The van der Waals surface area contributed by atoms with Crippen LogP contribution in [0.4, 0.5) is 0 Å². The Morgan fingerprint density at radius 1 is 1.04 bits per heavy atom. The number of benzene rings is 2. The van der Waals surface area contributed by atoms with Crippen LogP contribution in [0.1, 0.15) is 30.5 Å². The third kappa shape index (κ3) is 3.21. The highest BCUT2D eigenvalue weighted by molar-refractivity contribution is 6.20. The molecule has 0 aliphatic carbocycles. The molecular weight excluding hydrogens is 292 g/mol. The van der Waals surface area contributed by atoms with Gasteiger partial charge in [-0.2, -0.15) is 0 Å². The lowest BCUT2D eigenvalue weighted by Crippen LogP contribution is -2.29. The molecule has 0 aromatic heterocycles. The van der Waals surface area contributed by atoms with Crippen molar-refractivity contribution in [1.29, 1.82) is 0 Å². The summed E-state index contributed by atoms with van der Waals surface area (Å²) in [5.74, 6) is -0.531. The van der Waals surface area contributed by atoms with Crippen LogP contribution in [0, 0.1) is 6.92 Å². The molecule has 4 nitrogen and oxygen atoms in total. The van der Waals surface area contributed by atoms with Crippen LogP contribution in [0.2, 0.25) is 0 Å². The molecular formula is C19H18O4. The molecule has 0 atom stereocenters. The van der Waals surface area contributed by atoms with Gasteiger partial charge >= 0.3 is 5.97 Å². The van der Waals surface area contributed by atoms with Gasteiger partial charge in [-0.3, -0.25) is 0 Å². The van der Waals surface area contributed by atoms with Crippen LogP contribution in [-0.2, 0) is 4.79 Å². The van der Waals surface area contributed by atoms with Crippen molar-refractivity contribution in [3.63, 3.8) is 0 Å². The predicted molar refractivity (Wildman–Crippen MR) is 88.5 cm³/mol. The zero-order valence-electron chi connectivity index (χ0n) is 13.3. The highest BCUT2D eigenvalue weighted by Crippen LogP contribution is 2.40. The number of carboxylic acids is 1. The SMILES string of the molecule is Cc1ccc(/C=C(/C(=O)O)c2ccc3c(c2)OC(C)(C)O3)cc1. The quantitative estimate of drug-likeness (QED) is 0.684. The van der Waals surface area contributed by atoms with E-state index < -0.39 is 11.8 Å². The van der Waals surface area contributed by atoms with Crippen molar-refractivity contribution in [2.24, 2.45) is 0 Å². The van der Waals surface area contributed by atoms with Crippen molar-refractivity contribution >= 4 is 17.6 Å². The third-order valence-corrected chi connectivity index (χ3v) is 3.58. The first-order valence-corrected chi connectivity index (χ1v) is 7.38. The summed E-state index contributed by atoms with van der Waals surface area (Å²) >= 11 is 0. The molecule has 1 heterocycles. The van der Waals surface area contributed by atoms with E-state index in [1.807, 2.05) is 45.0 Å². The fourth-order valence-corrected chi connectivity index (χ4v) is 2.49. The zero-order chi connectivity index (χ0) is 16.6. The molecule has 3 rings (SSSR count). The number of aliphatic carboxylic acids is 1. The van der Waals surface area contributed by atoms with Gasteiger partial charge in [0.25, 0.3) is 0 Å². The number of ether oxygens (including phenoxy) is 2. The first-order valence-electron chi connectivity index (χ1n) is 7.38. The van der Waals surface area contributed by atoms with E-state index in [9.17, 15) is 9.90 Å². The van der Waals surface area contributed by atoms with Gasteiger partial charge in [0, 0.05) is 13.8 Å². The standard InChI is InChI=1S/C19H18O4/c1-12-4-6-13(7-5-12)10-15(18(20)21)14-8-9-16-17(11-14)23-19(2,3)22-16/h4-11H,1-3H3,(H,20,21)/b15-10+. The largest absolute Gasteiger partial charge is 0.478 e. The van der Waals surface area contributed by atoms with Gasteiger partial charge in [-0.25, -0.2) is 4.79 Å². The van der Waals surface area contributed by atoms with Gasteiger partial charge in [0.15, 0.2) is 11.5 Å². The van der Waals surface area contributed by atoms with Crippen molar-refractivity contribution in [1.82, 2.24) is 0 Å². The monoisotopic (exact) mass is 310 g/mol. The molecule has 118 valence electrons. The van der Waals surface area contributed by atoms with E-state index in [1.165, 1.54) is 0 Å². The van der Waals surface area contributed by atoms with Gasteiger partial charge in [0.1, 0.15) is 0 Å². The Morgan fingerprint density at radius 3 is 2.35 bits per heavy atom. The summed E-state index contributed by atoms with van der Waals surface area (Å²) in [4.78, 5) is 11.7. The lowest BCUT2D eigenvalue weighted by molar-refractivity contribution is -0.130. The molecule has 23 heavy (non-hydrogen) atoms. The fraction of sp³-hybridized carbons (Fsp3) is 0.211. The molecule has 0 saturated heterocycles. The van der Waals surface area contributed by atoms with Gasteiger partial charge in [0.2, 0.25) is 5.79 Å². The van der Waals surface area contributed by atoms with E-state index in [1.54, 1.807) is 24.3 Å². The van der Waals surface area contributed by atoms with Crippen LogP contribution in [0.5, 0.6) is 11.5 Å². The van der Waals surface area contributed by atoms with E-state index in [-0.39, 0.29) is 5.57 Å². The van der Waals surface area contributed by atoms with Crippen LogP contribution in [-0.4, -0.2) is 16.9 Å². The maximum atomic E-state index is 11.7. The molecule has 0 saturated carbocycles. The van der Waals surface area contributed by atoms with Crippen LogP contribution >= 0.6 is 0 Å². The third-order valence-electron chi connectivity index (χ3n) is 3.58. The Balaban J connectivity index is 2.00. The average molecular weight is 310 g/mol. The zero-order valence-corrected chi connectivity index (χ0v) is 13.3. The second kappa shape index (κ2) is 5.47. The molecule has 1 N–H and O–H groups in total. The second-order valence-corrected chi connectivity index (χ2v) is 6.04. The molecule has 0 radical (unpaired) electrons. The van der Waals surface area contributed by atoms with E-state index in [4.69, 9.17) is 9.47 Å². The lowest BCUT2D eigenvalue weighted by Gasteiger charge is -2.16. The predicted octanol–water partition coefficient (Wildman–Crippen LogP) is 4.13. The maximum absolute atomic E-state index is 11.7. The van der Waals surface area contributed by atoms with Crippen LogP contribution in [0.3, 0.4) is 0 Å². The first-order chi connectivity index (χ1) is 10.8. The van der Waals surface area contributed by atoms with Crippen molar-refractivity contribution in [2.45, 2.75) is 26.6 Å². The van der Waals surface area contributed by atoms with Gasteiger partial charge in [-0.1, -0.05) is 35.9 Å². The minimum Gasteiger partial charge on any atom is -0.478 e. The molecule has 0 unspecified atom stereocenters. The van der Waals surface area contributed by atoms with E-state index >= 15 is 0 Å². The Kier molecular flexibility index (Phi) is 3.60. The molecule has 0 bridgehead atoms. The Morgan fingerprint density at radius 2 is 1.70 bits per heavy atom. The average Bonchev–Trinajstić information content (AvgIpc) is 2.79. The Bertz CT molecular complexity index is 786. The summed E-state index contributed by atoms with van der Waals surface area (Å²) in [6.07, 6.45) is 1.66. The van der Waals surface area contributed by atoms with E-state index in [0.717, 1.165) is 11.1 Å². The minimum atomic E-state index is -0.983. The van der Waals surface area contributed by atoms with Crippen molar-refractivity contribution in [2.75, 3.05) is 0 Å². The molecule has 0 amide bonds. The number of aryl methyl sites for hydroxylation is 1. The summed E-state index contributed by atoms with van der Waals surface area (Å²) in [6, 6.07) is 12.9. The Hall–Kier alpha value is -2.75. The summed E-state index contributed by atoms with van der Waals surface area (Å²) in [5.41, 5.74) is 2.76. The summed E-state index contributed by atoms with van der Waals surface area (Å²) in [5, 5.41) is 9.55. The minimum absolute atomic E-state index is 0.213. The molecule has 4 heteroatoms. The fourth-order valence-electron chi connectivity index (χ4n) is 2.49. The second-order valence-electron chi connectivity index (χ2n) is 6.04. The van der Waals surface area contributed by atoms with Crippen LogP contribution < -0.4 is 9.47 Å². The molecule has 0 fully saturated rings. The normalized spacial score (nSPS) is 15.5. The van der Waals surface area contributed by atoms with Gasteiger partial charge < -0.3 is 14.6 Å². The molecule has 1 aliphatic rings. The number of hydrogen-bond donors (Lipinski definition) is 1. The van der Waals surface area contributed by atoms with Crippen molar-refractivity contribution in [3.8, 4) is 11.5 Å². The van der Waals surface area contributed by atoms with Gasteiger partial charge in [0.05, 0.1) is 5.57 Å². The molecule has 2 aromatic rings. The molecule has 2 aromatic carbocycles. The maximum Gasteiger partial charge on any atom is 0.336 e. The van der Waals surface area contributed by atoms with Gasteiger partial charge in [-0.15, -0.1) is 0 Å². The Labute approximate surface area is 135 Å². The highest BCUT2D eigenvalue weighted by Gasteiger charge is 2.32.